The molecule has 192 valence electrons. The quantitative estimate of drug-likeness (QED) is 0.313. The lowest BCUT2D eigenvalue weighted by atomic mass is 9.20. The van der Waals surface area contributed by atoms with E-state index in [0.717, 1.165) is 11.8 Å². The van der Waals surface area contributed by atoms with Crippen LogP contribution in [-0.4, -0.2) is 0 Å². The maximum atomic E-state index is 1.64. The second-order valence-corrected chi connectivity index (χ2v) is 14.9. The van der Waals surface area contributed by atoms with Crippen molar-refractivity contribution in [1.29, 1.82) is 0 Å². The van der Waals surface area contributed by atoms with Crippen LogP contribution in [-0.2, 0) is 0 Å². The minimum absolute atomic E-state index is 1.10. The van der Waals surface area contributed by atoms with Crippen LogP contribution in [0.2, 0.25) is 0 Å². The van der Waals surface area contributed by atoms with E-state index in [-0.39, 0.29) is 0 Å². The van der Waals surface area contributed by atoms with Gasteiger partial charge in [-0.1, -0.05) is 116 Å². The molecule has 0 heteroatoms. The maximum Gasteiger partial charge on any atom is -0.0312 e. The van der Waals surface area contributed by atoms with Crippen LogP contribution in [0, 0.1) is 71.0 Å². The van der Waals surface area contributed by atoms with E-state index in [4.69, 9.17) is 0 Å². The van der Waals surface area contributed by atoms with Crippen molar-refractivity contribution in [1.82, 2.24) is 0 Å². The molecule has 0 heterocycles. The van der Waals surface area contributed by atoms with E-state index in [9.17, 15) is 0 Å². The highest BCUT2D eigenvalue weighted by molar-refractivity contribution is 5.26. The standard InChI is InChI=1S/C34H56/c1-2-6-10-16-24-18-14-22-28-27(21-13-17-23(24)15-9-5-1)31-32(28)34-30-26-20-12-8-4-3-7-11-19-25(26)29(30)33(31)34/h23-34H,1-22H2. The van der Waals surface area contributed by atoms with Gasteiger partial charge in [0.05, 0.1) is 0 Å². The molecule has 0 saturated heterocycles. The Morgan fingerprint density at radius 2 is 0.471 bits per heavy atom. The monoisotopic (exact) mass is 464 g/mol. The minimum Gasteiger partial charge on any atom is -0.0533 e. The Balaban J connectivity index is 1.00. The Kier molecular flexibility index (Phi) is 6.84. The molecule has 0 radical (unpaired) electrons. The molecule has 0 aliphatic heterocycles. The molecule has 7 fully saturated rings. The second-order valence-electron chi connectivity index (χ2n) is 14.9. The summed E-state index contributed by atoms with van der Waals surface area (Å²) < 4.78 is 0. The van der Waals surface area contributed by atoms with Gasteiger partial charge in [-0.2, -0.15) is 0 Å². The molecular weight excluding hydrogens is 408 g/mol. The van der Waals surface area contributed by atoms with Gasteiger partial charge >= 0.3 is 0 Å². The predicted octanol–water partition coefficient (Wildman–Crippen LogP) is 10.1. The lowest BCUT2D eigenvalue weighted by Gasteiger charge is -2.85. The summed E-state index contributed by atoms with van der Waals surface area (Å²) in [5.41, 5.74) is 0. The van der Waals surface area contributed by atoms with Crippen molar-refractivity contribution in [2.24, 2.45) is 71.0 Å². The number of hydrogen-bond donors (Lipinski definition) is 0. The van der Waals surface area contributed by atoms with Gasteiger partial charge in [0.1, 0.15) is 0 Å². The molecule has 7 saturated carbocycles. The highest BCUT2D eigenvalue weighted by atomic mass is 14.8. The van der Waals surface area contributed by atoms with Crippen molar-refractivity contribution in [3.05, 3.63) is 0 Å². The van der Waals surface area contributed by atoms with Gasteiger partial charge in [-0.05, 0) is 96.7 Å². The van der Waals surface area contributed by atoms with Crippen molar-refractivity contribution < 1.29 is 0 Å². The van der Waals surface area contributed by atoms with Crippen LogP contribution < -0.4 is 0 Å². The summed E-state index contributed by atoms with van der Waals surface area (Å²) in [5, 5.41) is 0. The number of fused-ring (bicyclic) bond motifs is 14. The molecule has 0 aromatic heterocycles. The van der Waals surface area contributed by atoms with Gasteiger partial charge in [0, 0.05) is 0 Å². The Morgan fingerprint density at radius 1 is 0.206 bits per heavy atom. The van der Waals surface area contributed by atoms with Crippen molar-refractivity contribution in [3.63, 3.8) is 0 Å². The van der Waals surface area contributed by atoms with Crippen molar-refractivity contribution in [2.45, 2.75) is 141 Å². The second kappa shape index (κ2) is 10.0. The number of rotatable bonds is 0. The first-order chi connectivity index (χ1) is 16.9. The Hall–Kier alpha value is 0. The molecule has 7 aliphatic carbocycles. The summed E-state index contributed by atoms with van der Waals surface area (Å²) in [5.74, 6) is 14.3. The Labute approximate surface area is 212 Å². The zero-order chi connectivity index (χ0) is 22.5. The van der Waals surface area contributed by atoms with E-state index in [1.165, 1.54) is 97.7 Å². The molecule has 12 unspecified atom stereocenters. The van der Waals surface area contributed by atoms with Crippen molar-refractivity contribution >= 4 is 0 Å². The average Bonchev–Trinajstić information content (AvgIpc) is 2.83. The van der Waals surface area contributed by atoms with Crippen LogP contribution in [0.1, 0.15) is 141 Å². The van der Waals surface area contributed by atoms with Crippen LogP contribution in [0.15, 0.2) is 0 Å². The molecule has 0 bridgehead atoms. The summed E-state index contributed by atoms with van der Waals surface area (Å²) >= 11 is 0. The summed E-state index contributed by atoms with van der Waals surface area (Å²) in [4.78, 5) is 0. The van der Waals surface area contributed by atoms with Gasteiger partial charge in [0.25, 0.3) is 0 Å². The smallest absolute Gasteiger partial charge is 0.0312 e. The predicted molar refractivity (Wildman–Crippen MR) is 143 cm³/mol. The van der Waals surface area contributed by atoms with Gasteiger partial charge < -0.3 is 0 Å². The van der Waals surface area contributed by atoms with E-state index in [0.29, 0.717) is 0 Å². The largest absolute Gasteiger partial charge is 0.0533 e. The summed E-state index contributed by atoms with van der Waals surface area (Å²) in [6.45, 7) is 0. The summed E-state index contributed by atoms with van der Waals surface area (Å²) in [6, 6.07) is 0. The van der Waals surface area contributed by atoms with Crippen LogP contribution in [0.25, 0.3) is 0 Å². The molecule has 0 spiro atoms. The van der Waals surface area contributed by atoms with Crippen LogP contribution in [0.3, 0.4) is 0 Å². The molecule has 0 N–H and O–H groups in total. The third kappa shape index (κ3) is 3.80. The Bertz CT molecular complexity index is 602. The third-order valence-electron chi connectivity index (χ3n) is 13.8. The molecule has 7 aliphatic rings. The molecule has 0 nitrogen and oxygen atoms in total. The molecule has 0 aromatic carbocycles. The van der Waals surface area contributed by atoms with Crippen LogP contribution >= 0.6 is 0 Å². The fourth-order valence-electron chi connectivity index (χ4n) is 12.5. The van der Waals surface area contributed by atoms with Gasteiger partial charge in [0.15, 0.2) is 0 Å². The topological polar surface area (TPSA) is 0 Å². The first-order valence-electron chi connectivity index (χ1n) is 16.9. The lowest BCUT2D eigenvalue weighted by Crippen LogP contribution is -2.81. The van der Waals surface area contributed by atoms with Gasteiger partial charge in [0.2, 0.25) is 0 Å². The normalized spacial score (nSPS) is 53.6. The molecule has 12 atom stereocenters. The van der Waals surface area contributed by atoms with E-state index < -0.39 is 0 Å². The van der Waals surface area contributed by atoms with E-state index in [1.54, 1.807) is 103 Å². The minimum atomic E-state index is 1.10. The SMILES string of the molecule is C1CCCCC2CCCC3C(CCCC2CCC1)C1C3C2C3C4CCCCCCCCC4C3C12. The zero-order valence-corrected chi connectivity index (χ0v) is 22.5. The lowest BCUT2D eigenvalue weighted by molar-refractivity contribution is -0.378. The van der Waals surface area contributed by atoms with Crippen LogP contribution in [0.5, 0.6) is 0 Å². The third-order valence-corrected chi connectivity index (χ3v) is 13.8. The van der Waals surface area contributed by atoms with E-state index in [2.05, 4.69) is 0 Å². The fraction of sp³-hybridized carbons (Fsp3) is 1.00. The van der Waals surface area contributed by atoms with Crippen molar-refractivity contribution in [3.8, 4) is 0 Å². The Morgan fingerprint density at radius 3 is 0.853 bits per heavy atom. The molecule has 0 amide bonds. The average molecular weight is 465 g/mol. The molecular formula is C34H56. The van der Waals surface area contributed by atoms with Crippen molar-refractivity contribution in [2.75, 3.05) is 0 Å². The summed E-state index contributed by atoms with van der Waals surface area (Å²) in [6.07, 6.45) is 34.7. The van der Waals surface area contributed by atoms with Gasteiger partial charge in [-0.3, -0.25) is 0 Å². The fourth-order valence-corrected chi connectivity index (χ4v) is 12.5. The van der Waals surface area contributed by atoms with Gasteiger partial charge in [-0.15, -0.1) is 0 Å². The highest BCUT2D eigenvalue weighted by Crippen LogP contribution is 2.84. The van der Waals surface area contributed by atoms with Gasteiger partial charge in [-0.25, -0.2) is 0 Å². The molecule has 7 rings (SSSR count). The molecule has 34 heavy (non-hydrogen) atoms. The first-order valence-corrected chi connectivity index (χ1v) is 16.9. The number of hydrogen-bond acceptors (Lipinski definition) is 0. The molecule has 0 aromatic rings. The summed E-state index contributed by atoms with van der Waals surface area (Å²) in [7, 11) is 0. The first kappa shape index (κ1) is 23.1. The van der Waals surface area contributed by atoms with E-state index >= 15 is 0 Å². The highest BCUT2D eigenvalue weighted by Gasteiger charge is 2.79. The van der Waals surface area contributed by atoms with E-state index in [1.807, 2.05) is 0 Å². The zero-order valence-electron chi connectivity index (χ0n) is 22.5. The van der Waals surface area contributed by atoms with Crippen LogP contribution in [0.4, 0.5) is 0 Å². The maximum absolute atomic E-state index is 1.64.